The molecule has 0 spiro atoms. The van der Waals surface area contributed by atoms with Gasteiger partial charge in [0.05, 0.1) is 24.5 Å². The second-order valence-corrected chi connectivity index (χ2v) is 8.22. The first-order valence-corrected chi connectivity index (χ1v) is 10.0. The average molecular weight is 388 g/mol. The van der Waals surface area contributed by atoms with Crippen LogP contribution in [0, 0.1) is 5.92 Å². The molecular weight excluding hydrogens is 368 g/mol. The molecule has 0 saturated carbocycles. The van der Waals surface area contributed by atoms with E-state index in [2.05, 4.69) is 5.32 Å². The minimum absolute atomic E-state index is 0.198. The predicted octanol–water partition coefficient (Wildman–Crippen LogP) is 1.94. The summed E-state index contributed by atoms with van der Waals surface area (Å²) in [4.78, 5) is 24.4. The first-order valence-electron chi connectivity index (χ1n) is 8.40. The molecule has 27 heavy (non-hydrogen) atoms. The highest BCUT2D eigenvalue weighted by Crippen LogP contribution is 2.28. The number of hydrogen-bond acceptors (Lipinski definition) is 5. The Morgan fingerprint density at radius 2 is 1.78 bits per heavy atom. The quantitative estimate of drug-likeness (QED) is 0.845. The summed E-state index contributed by atoms with van der Waals surface area (Å²) in [6, 6.07) is 13.3. The van der Waals surface area contributed by atoms with E-state index in [0.717, 1.165) is 15.6 Å². The minimum atomic E-state index is -3.65. The number of anilines is 1. The van der Waals surface area contributed by atoms with Crippen molar-refractivity contribution >= 4 is 27.5 Å². The van der Waals surface area contributed by atoms with Crippen molar-refractivity contribution in [3.05, 3.63) is 59.7 Å². The van der Waals surface area contributed by atoms with Gasteiger partial charge in [0.25, 0.3) is 5.91 Å². The van der Waals surface area contributed by atoms with Crippen LogP contribution < -0.4 is 14.4 Å². The standard InChI is InChI=1S/C19H20N2O5S/c1-13-12-27(24,25)21(19(13)23)16-7-5-15(6-8-16)18(22)20-11-14-3-9-17(26-2)10-4-14/h3-10,13H,11-12H2,1-2H3,(H,20,22)/t13-/m0/s1. The fourth-order valence-electron chi connectivity index (χ4n) is 2.86. The van der Waals surface area contributed by atoms with Crippen LogP contribution >= 0.6 is 0 Å². The zero-order chi connectivity index (χ0) is 19.6. The van der Waals surface area contributed by atoms with Crippen LogP contribution in [0.3, 0.4) is 0 Å². The first kappa shape index (κ1) is 18.9. The number of methoxy groups -OCH3 is 1. The SMILES string of the molecule is COc1ccc(CNC(=O)c2ccc(N3C(=O)[C@@H](C)CS3(=O)=O)cc2)cc1. The van der Waals surface area contributed by atoms with Gasteiger partial charge in [-0.15, -0.1) is 0 Å². The molecule has 2 amide bonds. The molecule has 1 saturated heterocycles. The van der Waals surface area contributed by atoms with Crippen molar-refractivity contribution in [2.75, 3.05) is 17.2 Å². The Morgan fingerprint density at radius 3 is 2.30 bits per heavy atom. The number of benzene rings is 2. The summed E-state index contributed by atoms with van der Waals surface area (Å²) in [7, 11) is -2.07. The zero-order valence-corrected chi connectivity index (χ0v) is 15.8. The lowest BCUT2D eigenvalue weighted by Crippen LogP contribution is -2.30. The van der Waals surface area contributed by atoms with Gasteiger partial charge in [-0.05, 0) is 42.0 Å². The van der Waals surface area contributed by atoms with E-state index in [1.54, 1.807) is 14.0 Å². The molecule has 8 heteroatoms. The van der Waals surface area contributed by atoms with Crippen LogP contribution in [-0.4, -0.2) is 33.1 Å². The van der Waals surface area contributed by atoms with Crippen molar-refractivity contribution in [2.45, 2.75) is 13.5 Å². The number of amides is 2. The monoisotopic (exact) mass is 388 g/mol. The second kappa shape index (κ2) is 7.40. The maximum Gasteiger partial charge on any atom is 0.251 e. The number of sulfonamides is 1. The number of carbonyl (C=O) groups is 2. The van der Waals surface area contributed by atoms with E-state index in [1.165, 1.54) is 24.3 Å². The predicted molar refractivity (Wildman–Crippen MR) is 101 cm³/mol. The lowest BCUT2D eigenvalue weighted by molar-refractivity contribution is -0.119. The van der Waals surface area contributed by atoms with E-state index in [9.17, 15) is 18.0 Å². The van der Waals surface area contributed by atoms with Crippen LogP contribution in [0.25, 0.3) is 0 Å². The molecule has 0 radical (unpaired) electrons. The van der Waals surface area contributed by atoms with E-state index in [1.807, 2.05) is 24.3 Å². The Hall–Kier alpha value is -2.87. The normalized spacial score (nSPS) is 18.4. The largest absolute Gasteiger partial charge is 0.497 e. The van der Waals surface area contributed by atoms with Crippen molar-refractivity contribution in [3.8, 4) is 5.75 Å². The van der Waals surface area contributed by atoms with Crippen molar-refractivity contribution < 1.29 is 22.7 Å². The molecule has 1 aliphatic heterocycles. The van der Waals surface area contributed by atoms with Crippen LogP contribution in [0.15, 0.2) is 48.5 Å². The topological polar surface area (TPSA) is 92.8 Å². The van der Waals surface area contributed by atoms with Crippen molar-refractivity contribution in [1.29, 1.82) is 0 Å². The van der Waals surface area contributed by atoms with Gasteiger partial charge in [0.2, 0.25) is 15.9 Å². The summed E-state index contributed by atoms with van der Waals surface area (Å²) >= 11 is 0. The van der Waals surface area contributed by atoms with E-state index < -0.39 is 21.8 Å². The molecule has 3 rings (SSSR count). The summed E-state index contributed by atoms with van der Waals surface area (Å²) in [5.74, 6) is -0.771. The molecule has 1 heterocycles. The maximum absolute atomic E-state index is 12.3. The van der Waals surface area contributed by atoms with Gasteiger partial charge in [-0.2, -0.15) is 0 Å². The lowest BCUT2D eigenvalue weighted by atomic mass is 10.1. The molecule has 1 atom stereocenters. The number of nitrogens with one attached hydrogen (secondary N) is 1. The van der Waals surface area contributed by atoms with Crippen molar-refractivity contribution in [2.24, 2.45) is 5.92 Å². The Balaban J connectivity index is 1.67. The highest BCUT2D eigenvalue weighted by atomic mass is 32.2. The molecule has 0 bridgehead atoms. The second-order valence-electron chi connectivity index (χ2n) is 6.36. The molecule has 1 N–H and O–H groups in total. The summed E-state index contributed by atoms with van der Waals surface area (Å²) in [6.45, 7) is 1.93. The molecule has 1 aliphatic rings. The Bertz CT molecular complexity index is 953. The van der Waals surface area contributed by atoms with E-state index in [-0.39, 0.29) is 17.3 Å². The molecule has 0 aliphatic carbocycles. The van der Waals surface area contributed by atoms with E-state index in [0.29, 0.717) is 12.1 Å². The average Bonchev–Trinajstić information content (AvgIpc) is 2.87. The zero-order valence-electron chi connectivity index (χ0n) is 15.0. The highest BCUT2D eigenvalue weighted by Gasteiger charge is 2.41. The van der Waals surface area contributed by atoms with Crippen LogP contribution in [0.1, 0.15) is 22.8 Å². The van der Waals surface area contributed by atoms with Gasteiger partial charge in [0.15, 0.2) is 0 Å². The summed E-state index contributed by atoms with van der Waals surface area (Å²) in [5.41, 5.74) is 1.55. The van der Waals surface area contributed by atoms with Crippen molar-refractivity contribution in [3.63, 3.8) is 0 Å². The maximum atomic E-state index is 12.3. The van der Waals surface area contributed by atoms with Gasteiger partial charge in [0.1, 0.15) is 5.75 Å². The van der Waals surface area contributed by atoms with Gasteiger partial charge in [-0.1, -0.05) is 19.1 Å². The number of carbonyl (C=O) groups excluding carboxylic acids is 2. The Kier molecular flexibility index (Phi) is 5.18. The smallest absolute Gasteiger partial charge is 0.251 e. The number of nitrogens with zero attached hydrogens (tertiary/aromatic N) is 1. The summed E-state index contributed by atoms with van der Waals surface area (Å²) in [5, 5.41) is 2.80. The number of ether oxygens (including phenoxy) is 1. The van der Waals surface area contributed by atoms with Gasteiger partial charge >= 0.3 is 0 Å². The van der Waals surface area contributed by atoms with Crippen LogP contribution in [-0.2, 0) is 21.4 Å². The summed E-state index contributed by atoms with van der Waals surface area (Å²) < 4.78 is 30.2. The molecule has 0 aromatic heterocycles. The fraction of sp³-hybridized carbons (Fsp3) is 0.263. The van der Waals surface area contributed by atoms with Crippen molar-refractivity contribution in [1.82, 2.24) is 5.32 Å². The molecule has 142 valence electrons. The van der Waals surface area contributed by atoms with Crippen LogP contribution in [0.2, 0.25) is 0 Å². The van der Waals surface area contributed by atoms with Gasteiger partial charge in [0, 0.05) is 12.1 Å². The number of rotatable bonds is 5. The third kappa shape index (κ3) is 3.95. The van der Waals surface area contributed by atoms with E-state index >= 15 is 0 Å². The molecule has 2 aromatic rings. The summed E-state index contributed by atoms with van der Waals surface area (Å²) in [6.07, 6.45) is 0. The first-order chi connectivity index (χ1) is 12.8. The Morgan fingerprint density at radius 1 is 1.15 bits per heavy atom. The lowest BCUT2D eigenvalue weighted by Gasteiger charge is -2.15. The van der Waals surface area contributed by atoms with Crippen LogP contribution in [0.5, 0.6) is 5.75 Å². The Labute approximate surface area is 158 Å². The molecule has 7 nitrogen and oxygen atoms in total. The van der Waals surface area contributed by atoms with Gasteiger partial charge < -0.3 is 10.1 Å². The highest BCUT2D eigenvalue weighted by molar-refractivity contribution is 7.94. The molecule has 1 fully saturated rings. The van der Waals surface area contributed by atoms with Gasteiger partial charge in [-0.25, -0.2) is 12.7 Å². The van der Waals surface area contributed by atoms with E-state index in [4.69, 9.17) is 4.74 Å². The minimum Gasteiger partial charge on any atom is -0.497 e. The molecular formula is C19H20N2O5S. The third-order valence-corrected chi connectivity index (χ3v) is 6.20. The van der Waals surface area contributed by atoms with Crippen LogP contribution in [0.4, 0.5) is 5.69 Å². The molecule has 0 unspecified atom stereocenters. The fourth-order valence-corrected chi connectivity index (χ4v) is 4.68. The van der Waals surface area contributed by atoms with Gasteiger partial charge in [-0.3, -0.25) is 9.59 Å². The number of hydrogen-bond donors (Lipinski definition) is 1. The third-order valence-electron chi connectivity index (χ3n) is 4.34. The molecule has 2 aromatic carbocycles.